The lowest BCUT2D eigenvalue weighted by Crippen LogP contribution is -2.50. The topological polar surface area (TPSA) is 49.5 Å². The highest BCUT2D eigenvalue weighted by atomic mass is 28.4. The summed E-state index contributed by atoms with van der Waals surface area (Å²) in [5.74, 6) is 0. The lowest BCUT2D eigenvalue weighted by molar-refractivity contribution is -0.0354. The summed E-state index contributed by atoms with van der Waals surface area (Å²) in [4.78, 5) is 0. The Labute approximate surface area is 130 Å². The third-order valence-corrected chi connectivity index (χ3v) is 5.28. The van der Waals surface area contributed by atoms with Crippen molar-refractivity contribution in [2.75, 3.05) is 33.0 Å². The smallest absolute Gasteiger partial charge is 0.373 e. The molecule has 5 nitrogen and oxygen atoms in total. The molecule has 1 aliphatic rings. The second kappa shape index (κ2) is 11.6. The zero-order chi connectivity index (χ0) is 15.4. The lowest BCUT2D eigenvalue weighted by Gasteiger charge is -2.28. The molecule has 0 aromatic heterocycles. The van der Waals surface area contributed by atoms with Crippen LogP contribution in [0.3, 0.4) is 0 Å². The molecule has 1 saturated heterocycles. The monoisotopic (exact) mass is 320 g/mol. The molecule has 0 aliphatic carbocycles. The van der Waals surface area contributed by atoms with Crippen molar-refractivity contribution in [2.45, 2.75) is 65.4 Å². The number of epoxide rings is 1. The molecule has 0 radical (unpaired) electrons. The van der Waals surface area contributed by atoms with E-state index in [0.717, 1.165) is 45.1 Å². The molecule has 0 amide bonds. The van der Waals surface area contributed by atoms with Gasteiger partial charge in [-0.2, -0.15) is 0 Å². The number of hydrogen-bond acceptors (Lipinski definition) is 5. The van der Waals surface area contributed by atoms with Gasteiger partial charge in [-0.1, -0.05) is 20.8 Å². The molecule has 6 heteroatoms. The average Bonchev–Trinajstić information content (AvgIpc) is 3.32. The van der Waals surface area contributed by atoms with Crippen LogP contribution in [0.4, 0.5) is 0 Å². The van der Waals surface area contributed by atoms with E-state index in [1.165, 1.54) is 0 Å². The van der Waals surface area contributed by atoms with Gasteiger partial charge in [-0.15, -0.1) is 0 Å². The summed E-state index contributed by atoms with van der Waals surface area (Å²) in [6, 6.07) is 0. The Hall–Kier alpha value is 0.0169. The Morgan fingerprint density at radius 2 is 1.29 bits per heavy atom. The molecule has 0 aromatic carbocycles. The summed E-state index contributed by atoms with van der Waals surface area (Å²) < 4.78 is 28.8. The molecule has 0 bridgehead atoms. The van der Waals surface area contributed by atoms with E-state index in [1.807, 2.05) is 0 Å². The molecule has 0 aromatic rings. The van der Waals surface area contributed by atoms with E-state index in [1.54, 1.807) is 0 Å². The largest absolute Gasteiger partial charge is 0.679 e. The van der Waals surface area contributed by atoms with Crippen molar-refractivity contribution < 1.29 is 22.4 Å². The Balaban J connectivity index is 2.35. The standard InChI is InChI=1S/C15H32O5Si/c1-4-10-17-21(18-11-5-2,19-12-6-3)20-13-8-7-9-15-14-16-15/h15H,4-14H2,1-3H3. The summed E-state index contributed by atoms with van der Waals surface area (Å²) >= 11 is 0. The average molecular weight is 321 g/mol. The van der Waals surface area contributed by atoms with E-state index < -0.39 is 9.05 Å². The minimum Gasteiger partial charge on any atom is -0.373 e. The summed E-state index contributed by atoms with van der Waals surface area (Å²) in [6.45, 7) is 9.66. The maximum absolute atomic E-state index is 5.97. The van der Waals surface area contributed by atoms with Crippen LogP contribution in [0.1, 0.15) is 59.3 Å². The molecule has 1 atom stereocenters. The summed E-state index contributed by atoms with van der Waals surface area (Å²) in [7, 11) is -2.95. The zero-order valence-electron chi connectivity index (χ0n) is 13.9. The number of unbranched alkanes of at least 4 members (excludes halogenated alkanes) is 1. The first kappa shape index (κ1) is 19.1. The molecule has 1 heterocycles. The predicted molar refractivity (Wildman–Crippen MR) is 84.0 cm³/mol. The molecular weight excluding hydrogens is 288 g/mol. The van der Waals surface area contributed by atoms with Gasteiger partial charge in [0.05, 0.1) is 12.7 Å². The van der Waals surface area contributed by atoms with Crippen molar-refractivity contribution in [1.29, 1.82) is 0 Å². The highest BCUT2D eigenvalue weighted by molar-refractivity contribution is 6.53. The fourth-order valence-corrected chi connectivity index (χ4v) is 4.09. The van der Waals surface area contributed by atoms with Crippen molar-refractivity contribution in [1.82, 2.24) is 0 Å². The third-order valence-electron chi connectivity index (χ3n) is 3.05. The minimum absolute atomic E-state index is 0.496. The molecule has 1 rings (SSSR count). The van der Waals surface area contributed by atoms with Gasteiger partial charge in [0.15, 0.2) is 0 Å². The summed E-state index contributed by atoms with van der Waals surface area (Å²) in [5, 5.41) is 0. The van der Waals surface area contributed by atoms with Crippen molar-refractivity contribution in [3.63, 3.8) is 0 Å². The Morgan fingerprint density at radius 1 is 0.810 bits per heavy atom. The van der Waals surface area contributed by atoms with Gasteiger partial charge in [-0.05, 0) is 38.5 Å². The van der Waals surface area contributed by atoms with Gasteiger partial charge >= 0.3 is 9.05 Å². The van der Waals surface area contributed by atoms with E-state index in [9.17, 15) is 0 Å². The first-order valence-electron chi connectivity index (χ1n) is 8.43. The van der Waals surface area contributed by atoms with Crippen LogP contribution in [0.2, 0.25) is 0 Å². The van der Waals surface area contributed by atoms with Crippen LogP contribution in [0, 0.1) is 0 Å². The van der Waals surface area contributed by atoms with Gasteiger partial charge < -0.3 is 22.4 Å². The van der Waals surface area contributed by atoms with Crippen molar-refractivity contribution in [3.8, 4) is 0 Å². The second-order valence-corrected chi connectivity index (χ2v) is 7.50. The molecule has 21 heavy (non-hydrogen) atoms. The van der Waals surface area contributed by atoms with Gasteiger partial charge in [0.25, 0.3) is 0 Å². The van der Waals surface area contributed by atoms with Crippen LogP contribution in [0.5, 0.6) is 0 Å². The third kappa shape index (κ3) is 8.90. The van der Waals surface area contributed by atoms with Crippen LogP contribution < -0.4 is 0 Å². The number of rotatable bonds is 15. The van der Waals surface area contributed by atoms with E-state index in [2.05, 4.69) is 20.8 Å². The SMILES string of the molecule is CCCO[Si](OCCC)(OCCC)OCCCCC1CO1. The number of ether oxygens (including phenoxy) is 1. The molecule has 1 fully saturated rings. The van der Waals surface area contributed by atoms with E-state index in [4.69, 9.17) is 22.4 Å². The molecule has 0 N–H and O–H groups in total. The molecule has 1 aliphatic heterocycles. The van der Waals surface area contributed by atoms with Gasteiger partial charge in [0.2, 0.25) is 0 Å². The van der Waals surface area contributed by atoms with Gasteiger partial charge in [-0.25, -0.2) is 0 Å². The van der Waals surface area contributed by atoms with E-state index in [-0.39, 0.29) is 0 Å². The first-order chi connectivity index (χ1) is 10.3. The van der Waals surface area contributed by atoms with Crippen molar-refractivity contribution in [2.24, 2.45) is 0 Å². The highest BCUT2D eigenvalue weighted by Gasteiger charge is 2.45. The van der Waals surface area contributed by atoms with Crippen LogP contribution in [-0.4, -0.2) is 48.2 Å². The van der Waals surface area contributed by atoms with Gasteiger partial charge in [0, 0.05) is 26.4 Å². The van der Waals surface area contributed by atoms with Crippen LogP contribution in [0.25, 0.3) is 0 Å². The first-order valence-corrected chi connectivity index (χ1v) is 10.1. The van der Waals surface area contributed by atoms with Gasteiger partial charge in [-0.3, -0.25) is 0 Å². The quantitative estimate of drug-likeness (QED) is 0.263. The Bertz CT molecular complexity index is 226. The second-order valence-electron chi connectivity index (χ2n) is 5.34. The summed E-state index contributed by atoms with van der Waals surface area (Å²) in [6.07, 6.45) is 6.53. The predicted octanol–water partition coefficient (Wildman–Crippen LogP) is 3.29. The minimum atomic E-state index is -2.95. The molecule has 126 valence electrons. The Morgan fingerprint density at radius 3 is 1.71 bits per heavy atom. The van der Waals surface area contributed by atoms with Gasteiger partial charge in [0.1, 0.15) is 0 Å². The normalized spacial score (nSPS) is 18.1. The molecule has 1 unspecified atom stereocenters. The van der Waals surface area contributed by atoms with Crippen molar-refractivity contribution in [3.05, 3.63) is 0 Å². The van der Waals surface area contributed by atoms with E-state index >= 15 is 0 Å². The summed E-state index contributed by atoms with van der Waals surface area (Å²) in [5.41, 5.74) is 0. The fraction of sp³-hybridized carbons (Fsp3) is 1.00. The number of hydrogen-bond donors (Lipinski definition) is 0. The van der Waals surface area contributed by atoms with Crippen LogP contribution in [-0.2, 0) is 22.4 Å². The molecular formula is C15H32O5Si. The lowest BCUT2D eigenvalue weighted by atomic mass is 10.2. The van der Waals surface area contributed by atoms with E-state index in [0.29, 0.717) is 32.5 Å². The van der Waals surface area contributed by atoms with Crippen LogP contribution >= 0.6 is 0 Å². The Kier molecular flexibility index (Phi) is 10.5. The molecule has 0 saturated carbocycles. The van der Waals surface area contributed by atoms with Crippen molar-refractivity contribution >= 4 is 9.05 Å². The zero-order valence-corrected chi connectivity index (χ0v) is 14.9. The van der Waals surface area contributed by atoms with Crippen LogP contribution in [0.15, 0.2) is 0 Å². The highest BCUT2D eigenvalue weighted by Crippen LogP contribution is 2.18. The molecule has 0 spiro atoms. The maximum atomic E-state index is 5.97. The maximum Gasteiger partial charge on any atom is 0.679 e. The fourth-order valence-electron chi connectivity index (χ4n) is 1.84.